The number of rotatable bonds is 5. The van der Waals surface area contributed by atoms with Gasteiger partial charge in [-0.1, -0.05) is 23.7 Å². The molecule has 0 saturated carbocycles. The summed E-state index contributed by atoms with van der Waals surface area (Å²) in [5, 5.41) is 7.49. The summed E-state index contributed by atoms with van der Waals surface area (Å²) in [4.78, 5) is 17.5. The number of likely N-dealkylation sites (N-methyl/N-ethyl adjacent to an activating group) is 1. The van der Waals surface area contributed by atoms with Crippen molar-refractivity contribution in [2.45, 2.75) is 13.8 Å². The number of hydrogen-bond acceptors (Lipinski definition) is 5. The van der Waals surface area contributed by atoms with Gasteiger partial charge >= 0.3 is 0 Å². The predicted octanol–water partition coefficient (Wildman–Crippen LogP) is 4.70. The van der Waals surface area contributed by atoms with Gasteiger partial charge in [-0.2, -0.15) is 0 Å². The zero-order chi connectivity index (χ0) is 21.1. The second-order valence-electron chi connectivity index (χ2n) is 7.46. The van der Waals surface area contributed by atoms with E-state index in [9.17, 15) is 4.79 Å². The Morgan fingerprint density at radius 2 is 1.83 bits per heavy atom. The molecule has 0 bridgehead atoms. The Kier molecular flexibility index (Phi) is 6.06. The molecule has 1 aliphatic rings. The summed E-state index contributed by atoms with van der Waals surface area (Å²) in [6.07, 6.45) is 0. The Balaban J connectivity index is 1.43. The van der Waals surface area contributed by atoms with Crippen molar-refractivity contribution < 1.29 is 9.32 Å². The van der Waals surface area contributed by atoms with Crippen molar-refractivity contribution in [3.63, 3.8) is 0 Å². The molecule has 2 aromatic carbocycles. The Morgan fingerprint density at radius 3 is 2.50 bits per heavy atom. The molecule has 0 spiro atoms. The maximum Gasteiger partial charge on any atom is 0.277 e. The number of carbonyl (C=O) groups excluding carboxylic acids is 1. The van der Waals surface area contributed by atoms with Gasteiger partial charge in [0.25, 0.3) is 5.91 Å². The molecule has 1 aliphatic heterocycles. The topological polar surface area (TPSA) is 61.6 Å². The summed E-state index contributed by atoms with van der Waals surface area (Å²) < 4.78 is 5.33. The van der Waals surface area contributed by atoms with Crippen LogP contribution in [0.2, 0.25) is 5.02 Å². The summed E-state index contributed by atoms with van der Waals surface area (Å²) in [6.45, 7) is 9.50. The molecule has 0 unspecified atom stereocenters. The maximum absolute atomic E-state index is 12.7. The van der Waals surface area contributed by atoms with Crippen LogP contribution < -0.4 is 10.2 Å². The first kappa shape index (κ1) is 20.4. The van der Waals surface area contributed by atoms with E-state index in [0.29, 0.717) is 10.8 Å². The average Bonchev–Trinajstić information content (AvgIpc) is 3.26. The smallest absolute Gasteiger partial charge is 0.277 e. The van der Waals surface area contributed by atoms with E-state index in [1.807, 2.05) is 25.1 Å². The molecule has 1 amide bonds. The van der Waals surface area contributed by atoms with E-state index in [-0.39, 0.29) is 11.6 Å². The number of benzene rings is 2. The first-order chi connectivity index (χ1) is 14.5. The van der Waals surface area contributed by atoms with Crippen LogP contribution in [0.5, 0.6) is 0 Å². The van der Waals surface area contributed by atoms with Crippen molar-refractivity contribution in [3.05, 3.63) is 64.8 Å². The molecule has 1 N–H and O–H groups in total. The van der Waals surface area contributed by atoms with Crippen molar-refractivity contribution in [2.24, 2.45) is 0 Å². The molecule has 1 fully saturated rings. The van der Waals surface area contributed by atoms with Crippen molar-refractivity contribution >= 4 is 28.9 Å². The number of piperazine rings is 1. The molecule has 4 rings (SSSR count). The molecular weight excluding hydrogens is 400 g/mol. The van der Waals surface area contributed by atoms with Gasteiger partial charge in [-0.3, -0.25) is 4.79 Å². The van der Waals surface area contributed by atoms with Crippen LogP contribution in [0.15, 0.2) is 53.1 Å². The SMILES string of the molecule is CCN1CCN(c2ccc(NC(=O)c3cc(-c4ccc(Cl)cc4)on3)c(C)c2)CC1. The third-order valence-corrected chi connectivity index (χ3v) is 5.77. The zero-order valence-electron chi connectivity index (χ0n) is 17.2. The predicted molar refractivity (Wildman–Crippen MR) is 120 cm³/mol. The van der Waals surface area contributed by atoms with Crippen LogP contribution in [0.1, 0.15) is 23.0 Å². The van der Waals surface area contributed by atoms with Gasteiger partial charge in [-0.25, -0.2) is 0 Å². The maximum atomic E-state index is 12.7. The summed E-state index contributed by atoms with van der Waals surface area (Å²) in [5.74, 6) is 0.224. The fourth-order valence-electron chi connectivity index (χ4n) is 3.63. The van der Waals surface area contributed by atoms with E-state index in [2.05, 4.69) is 39.3 Å². The third kappa shape index (κ3) is 4.50. The van der Waals surface area contributed by atoms with Crippen molar-refractivity contribution in [3.8, 4) is 11.3 Å². The van der Waals surface area contributed by atoms with E-state index in [0.717, 1.165) is 49.5 Å². The number of halogens is 1. The largest absolute Gasteiger partial charge is 0.369 e. The monoisotopic (exact) mass is 424 g/mol. The molecule has 0 aliphatic carbocycles. The summed E-state index contributed by atoms with van der Waals surface area (Å²) in [5.41, 5.74) is 4.02. The highest BCUT2D eigenvalue weighted by Crippen LogP contribution is 2.26. The highest BCUT2D eigenvalue weighted by Gasteiger charge is 2.18. The minimum Gasteiger partial charge on any atom is -0.369 e. The average molecular weight is 425 g/mol. The zero-order valence-corrected chi connectivity index (χ0v) is 17.9. The molecule has 7 heteroatoms. The van der Waals surface area contributed by atoms with Crippen LogP contribution in [0.4, 0.5) is 11.4 Å². The Bertz CT molecular complexity index is 1020. The van der Waals surface area contributed by atoms with Gasteiger partial charge in [0.15, 0.2) is 11.5 Å². The van der Waals surface area contributed by atoms with Crippen molar-refractivity contribution in [1.82, 2.24) is 10.1 Å². The van der Waals surface area contributed by atoms with Crippen LogP contribution in [-0.2, 0) is 0 Å². The molecule has 0 atom stereocenters. The van der Waals surface area contributed by atoms with Gasteiger partial charge in [0.2, 0.25) is 0 Å². The van der Waals surface area contributed by atoms with E-state index in [1.165, 1.54) is 5.69 Å². The second-order valence-corrected chi connectivity index (χ2v) is 7.89. The summed E-state index contributed by atoms with van der Waals surface area (Å²) in [6, 6.07) is 15.0. The van der Waals surface area contributed by atoms with E-state index in [4.69, 9.17) is 16.1 Å². The van der Waals surface area contributed by atoms with Gasteiger partial charge < -0.3 is 19.6 Å². The number of hydrogen-bond donors (Lipinski definition) is 1. The number of carbonyl (C=O) groups is 1. The number of nitrogens with one attached hydrogen (secondary N) is 1. The lowest BCUT2D eigenvalue weighted by Gasteiger charge is -2.35. The van der Waals surface area contributed by atoms with Crippen LogP contribution in [-0.4, -0.2) is 48.7 Å². The van der Waals surface area contributed by atoms with Gasteiger partial charge in [0.05, 0.1) is 0 Å². The van der Waals surface area contributed by atoms with Crippen LogP contribution >= 0.6 is 11.6 Å². The lowest BCUT2D eigenvalue weighted by molar-refractivity contribution is 0.101. The highest BCUT2D eigenvalue weighted by atomic mass is 35.5. The molecule has 1 aromatic heterocycles. The molecular formula is C23H25ClN4O2. The lowest BCUT2D eigenvalue weighted by Crippen LogP contribution is -2.46. The third-order valence-electron chi connectivity index (χ3n) is 5.51. The first-order valence-corrected chi connectivity index (χ1v) is 10.5. The molecule has 2 heterocycles. The second kappa shape index (κ2) is 8.90. The number of amides is 1. The van der Waals surface area contributed by atoms with Gasteiger partial charge in [-0.05, 0) is 61.5 Å². The van der Waals surface area contributed by atoms with E-state index < -0.39 is 0 Å². The first-order valence-electron chi connectivity index (χ1n) is 10.2. The number of aryl methyl sites for hydroxylation is 1. The summed E-state index contributed by atoms with van der Waals surface area (Å²) >= 11 is 5.92. The molecule has 30 heavy (non-hydrogen) atoms. The fourth-order valence-corrected chi connectivity index (χ4v) is 3.75. The van der Waals surface area contributed by atoms with E-state index >= 15 is 0 Å². The highest BCUT2D eigenvalue weighted by molar-refractivity contribution is 6.30. The van der Waals surface area contributed by atoms with Crippen LogP contribution in [0.25, 0.3) is 11.3 Å². The van der Waals surface area contributed by atoms with Crippen molar-refractivity contribution in [2.75, 3.05) is 42.9 Å². The lowest BCUT2D eigenvalue weighted by atomic mass is 10.1. The minimum absolute atomic E-state index is 0.235. The molecule has 0 radical (unpaired) electrons. The molecule has 3 aromatic rings. The minimum atomic E-state index is -0.300. The normalized spacial score (nSPS) is 14.7. The number of aromatic nitrogens is 1. The fraction of sp³-hybridized carbons (Fsp3) is 0.304. The van der Waals surface area contributed by atoms with Gasteiger partial charge in [-0.15, -0.1) is 0 Å². The van der Waals surface area contributed by atoms with Crippen LogP contribution in [0.3, 0.4) is 0 Å². The summed E-state index contributed by atoms with van der Waals surface area (Å²) in [7, 11) is 0. The van der Waals surface area contributed by atoms with Crippen molar-refractivity contribution in [1.29, 1.82) is 0 Å². The Labute approximate surface area is 181 Å². The number of nitrogens with zero attached hydrogens (tertiary/aromatic N) is 3. The van der Waals surface area contributed by atoms with Gasteiger partial charge in [0, 0.05) is 54.2 Å². The standard InChI is InChI=1S/C23H25ClN4O2/c1-3-27-10-12-28(13-11-27)19-8-9-20(16(2)14-19)25-23(29)21-15-22(30-26-21)17-4-6-18(24)7-5-17/h4-9,14-15H,3,10-13H2,1-2H3,(H,25,29). The van der Waals surface area contributed by atoms with Crippen LogP contribution in [0, 0.1) is 6.92 Å². The molecule has 1 saturated heterocycles. The van der Waals surface area contributed by atoms with Gasteiger partial charge in [0.1, 0.15) is 0 Å². The molecule has 6 nitrogen and oxygen atoms in total. The number of anilines is 2. The Hall–Kier alpha value is -2.83. The van der Waals surface area contributed by atoms with E-state index in [1.54, 1.807) is 18.2 Å². The quantitative estimate of drug-likeness (QED) is 0.643. The Morgan fingerprint density at radius 1 is 1.10 bits per heavy atom. The molecule has 156 valence electrons.